The number of benzene rings is 3. The molecule has 1 aromatic heterocycles. The van der Waals surface area contributed by atoms with Crippen molar-refractivity contribution in [1.29, 1.82) is 0 Å². The van der Waals surface area contributed by atoms with Crippen LogP contribution in [0.4, 0.5) is 22.0 Å². The number of rotatable bonds is 4. The first-order valence-electron chi connectivity index (χ1n) is 13.4. The lowest BCUT2D eigenvalue weighted by molar-refractivity contribution is -0.137. The van der Waals surface area contributed by atoms with Gasteiger partial charge in [-0.1, -0.05) is 36.4 Å². The molecule has 2 aliphatic rings. The molecule has 0 spiro atoms. The second-order valence-corrected chi connectivity index (χ2v) is 10.7. The Bertz CT molecular complexity index is 1550. The minimum absolute atomic E-state index is 0.112. The predicted molar refractivity (Wildman–Crippen MR) is 143 cm³/mol. The molecule has 1 N–H and O–H groups in total. The first kappa shape index (κ1) is 26.5. The Morgan fingerprint density at radius 3 is 1.95 bits per heavy atom. The maximum Gasteiger partial charge on any atom is 0.416 e. The summed E-state index contributed by atoms with van der Waals surface area (Å²) < 4.78 is 68.4. The summed E-state index contributed by atoms with van der Waals surface area (Å²) in [7, 11) is 0. The minimum atomic E-state index is -4.48. The van der Waals surface area contributed by atoms with Gasteiger partial charge in [-0.05, 0) is 79.3 Å². The quantitative estimate of drug-likeness (QED) is 0.219. The van der Waals surface area contributed by atoms with Gasteiger partial charge in [-0.3, -0.25) is 9.47 Å². The monoisotopic (exact) mass is 553 g/mol. The van der Waals surface area contributed by atoms with E-state index in [0.29, 0.717) is 18.4 Å². The first-order valence-corrected chi connectivity index (χ1v) is 13.4. The van der Waals surface area contributed by atoms with Gasteiger partial charge in [0.1, 0.15) is 11.6 Å². The highest BCUT2D eigenvalue weighted by Crippen LogP contribution is 2.43. The van der Waals surface area contributed by atoms with Crippen molar-refractivity contribution in [2.75, 3.05) is 13.1 Å². The van der Waals surface area contributed by atoms with Gasteiger partial charge in [-0.25, -0.2) is 13.6 Å². The SMILES string of the molecule is O=c1[nH]c2cc(C(F)(F)F)ccc2n1C1CCN(C2C=CC(c3ccc(F)cc3)(c3ccc(F)cc3)CC2)CC1. The largest absolute Gasteiger partial charge is 0.416 e. The van der Waals surface area contributed by atoms with Crippen LogP contribution in [0.2, 0.25) is 0 Å². The fraction of sp³-hybridized carbons (Fsp3) is 0.323. The summed E-state index contributed by atoms with van der Waals surface area (Å²) in [6, 6.07) is 16.4. The number of halogens is 5. The number of imidazole rings is 1. The van der Waals surface area contributed by atoms with Gasteiger partial charge in [-0.2, -0.15) is 13.2 Å². The third kappa shape index (κ3) is 4.76. The van der Waals surface area contributed by atoms with Crippen LogP contribution in [-0.2, 0) is 11.6 Å². The van der Waals surface area contributed by atoms with Crippen LogP contribution in [0.3, 0.4) is 0 Å². The van der Waals surface area contributed by atoms with Gasteiger partial charge in [0, 0.05) is 30.6 Å². The van der Waals surface area contributed by atoms with Crippen LogP contribution in [-0.4, -0.2) is 33.6 Å². The van der Waals surface area contributed by atoms with Crippen LogP contribution in [0.25, 0.3) is 11.0 Å². The zero-order chi connectivity index (χ0) is 28.1. The van der Waals surface area contributed by atoms with Crippen LogP contribution < -0.4 is 5.69 Å². The molecule has 0 radical (unpaired) electrons. The molecule has 0 bridgehead atoms. The Hall–Kier alpha value is -3.72. The zero-order valence-corrected chi connectivity index (χ0v) is 21.6. The number of likely N-dealkylation sites (tertiary alicyclic amines) is 1. The predicted octanol–water partition coefficient (Wildman–Crippen LogP) is 6.97. The Morgan fingerprint density at radius 2 is 1.43 bits per heavy atom. The molecule has 1 saturated heterocycles. The summed E-state index contributed by atoms with van der Waals surface area (Å²) in [5.41, 5.74) is 0.886. The molecule has 9 heteroatoms. The van der Waals surface area contributed by atoms with E-state index in [0.717, 1.165) is 49.2 Å². The van der Waals surface area contributed by atoms with E-state index in [1.165, 1.54) is 30.3 Å². The van der Waals surface area contributed by atoms with Crippen LogP contribution in [0, 0.1) is 11.6 Å². The molecule has 1 aliphatic heterocycles. The number of H-pyrrole nitrogens is 1. The lowest BCUT2D eigenvalue weighted by atomic mass is 9.68. The van der Waals surface area contributed by atoms with Crippen molar-refractivity contribution in [2.24, 2.45) is 0 Å². The molecule has 4 aromatic rings. The molecule has 0 saturated carbocycles. The Labute approximate surface area is 227 Å². The number of allylic oxidation sites excluding steroid dienone is 1. The summed E-state index contributed by atoms with van der Waals surface area (Å²) in [6.45, 7) is 1.47. The van der Waals surface area contributed by atoms with E-state index in [4.69, 9.17) is 0 Å². The van der Waals surface area contributed by atoms with E-state index < -0.39 is 22.8 Å². The van der Waals surface area contributed by atoms with Crippen LogP contribution in [0.15, 0.2) is 83.7 Å². The maximum atomic E-state index is 13.7. The van der Waals surface area contributed by atoms with Gasteiger partial charge in [0.2, 0.25) is 0 Å². The minimum Gasteiger partial charge on any atom is -0.306 e. The molecule has 3 aromatic carbocycles. The molecule has 4 nitrogen and oxygen atoms in total. The third-order valence-corrected chi connectivity index (χ3v) is 8.53. The highest BCUT2D eigenvalue weighted by atomic mass is 19.4. The van der Waals surface area contributed by atoms with Crippen molar-refractivity contribution in [1.82, 2.24) is 14.5 Å². The average molecular weight is 554 g/mol. The number of hydrogen-bond acceptors (Lipinski definition) is 2. The fourth-order valence-corrected chi connectivity index (χ4v) is 6.42. The van der Waals surface area contributed by atoms with E-state index in [1.54, 1.807) is 28.8 Å². The number of aromatic amines is 1. The van der Waals surface area contributed by atoms with Crippen LogP contribution >= 0.6 is 0 Å². The van der Waals surface area contributed by atoms with Gasteiger partial charge in [0.05, 0.1) is 16.6 Å². The van der Waals surface area contributed by atoms with Crippen molar-refractivity contribution in [3.63, 3.8) is 0 Å². The molecule has 1 aliphatic carbocycles. The Kier molecular flexibility index (Phi) is 6.65. The number of hydrogen-bond donors (Lipinski definition) is 1. The molecule has 1 unspecified atom stereocenters. The first-order chi connectivity index (χ1) is 19.1. The molecule has 1 fully saturated rings. The lowest BCUT2D eigenvalue weighted by Crippen LogP contribution is -2.44. The smallest absolute Gasteiger partial charge is 0.306 e. The van der Waals surface area contributed by atoms with Crippen molar-refractivity contribution in [2.45, 2.75) is 49.4 Å². The Morgan fingerprint density at radius 1 is 0.825 bits per heavy atom. The third-order valence-electron chi connectivity index (χ3n) is 8.53. The summed E-state index contributed by atoms with van der Waals surface area (Å²) in [5.74, 6) is -0.623. The summed E-state index contributed by atoms with van der Waals surface area (Å²) in [6.07, 6.45) is 2.83. The van der Waals surface area contributed by atoms with Gasteiger partial charge in [0.15, 0.2) is 0 Å². The summed E-state index contributed by atoms with van der Waals surface area (Å²) in [4.78, 5) is 17.7. The fourth-order valence-electron chi connectivity index (χ4n) is 6.42. The van der Waals surface area contributed by atoms with Gasteiger partial charge < -0.3 is 4.98 Å². The van der Waals surface area contributed by atoms with Crippen LogP contribution in [0.5, 0.6) is 0 Å². The second-order valence-electron chi connectivity index (χ2n) is 10.7. The summed E-state index contributed by atoms with van der Waals surface area (Å²) in [5, 5.41) is 0. The zero-order valence-electron chi connectivity index (χ0n) is 21.6. The normalized spacial score (nSPS) is 20.3. The molecule has 6 rings (SSSR count). The highest BCUT2D eigenvalue weighted by molar-refractivity contribution is 5.76. The molecular weight excluding hydrogens is 525 g/mol. The summed E-state index contributed by atoms with van der Waals surface area (Å²) >= 11 is 0. The number of nitrogens with one attached hydrogen (secondary N) is 1. The standard InChI is InChI=1S/C31H28F5N3O/c32-23-6-1-20(2-7-23)30(21-3-8-24(33)9-4-21)15-11-25(12-16-30)38-17-13-26(14-18-38)39-28-10-5-22(31(34,35)36)19-27(28)37-29(39)40/h1-11,15,19,25-26H,12-14,16-18H2,(H,37,40). The van der Waals surface area contributed by atoms with Gasteiger partial charge in [-0.15, -0.1) is 0 Å². The van der Waals surface area contributed by atoms with Crippen molar-refractivity contribution in [3.05, 3.63) is 118 Å². The Balaban J connectivity index is 1.21. The number of nitrogens with zero attached hydrogens (tertiary/aromatic N) is 2. The second kappa shape index (κ2) is 10.0. The molecule has 208 valence electrons. The van der Waals surface area contributed by atoms with E-state index in [9.17, 15) is 26.7 Å². The van der Waals surface area contributed by atoms with Crippen molar-refractivity contribution < 1.29 is 22.0 Å². The van der Waals surface area contributed by atoms with Gasteiger partial charge >= 0.3 is 11.9 Å². The van der Waals surface area contributed by atoms with E-state index in [-0.39, 0.29) is 29.2 Å². The molecular formula is C31H28F5N3O. The number of piperidine rings is 1. The molecule has 1 atom stereocenters. The molecule has 40 heavy (non-hydrogen) atoms. The van der Waals surface area contributed by atoms with E-state index in [1.807, 2.05) is 0 Å². The van der Waals surface area contributed by atoms with E-state index in [2.05, 4.69) is 22.0 Å². The van der Waals surface area contributed by atoms with Crippen molar-refractivity contribution >= 4 is 11.0 Å². The van der Waals surface area contributed by atoms with Crippen LogP contribution in [0.1, 0.15) is 48.4 Å². The number of aromatic nitrogens is 2. The molecule has 2 heterocycles. The average Bonchev–Trinajstić information content (AvgIpc) is 3.28. The lowest BCUT2D eigenvalue weighted by Gasteiger charge is -2.42. The maximum absolute atomic E-state index is 13.7. The van der Waals surface area contributed by atoms with E-state index >= 15 is 0 Å². The van der Waals surface area contributed by atoms with Crippen molar-refractivity contribution in [3.8, 4) is 0 Å². The molecule has 0 amide bonds. The number of fused-ring (bicyclic) bond motifs is 1. The number of alkyl halides is 3. The highest BCUT2D eigenvalue weighted by Gasteiger charge is 2.37. The topological polar surface area (TPSA) is 41.0 Å². The van der Waals surface area contributed by atoms with Gasteiger partial charge in [0.25, 0.3) is 0 Å².